The van der Waals surface area contributed by atoms with Gasteiger partial charge in [-0.15, -0.1) is 0 Å². The number of benzene rings is 3. The summed E-state index contributed by atoms with van der Waals surface area (Å²) >= 11 is 0. The second-order valence-electron chi connectivity index (χ2n) is 11.9. The lowest BCUT2D eigenvalue weighted by molar-refractivity contribution is -0.122. The highest BCUT2D eigenvalue weighted by atomic mass is 19.1. The average molecular weight is 547 g/mol. The summed E-state index contributed by atoms with van der Waals surface area (Å²) < 4.78 is 27.1. The Balaban J connectivity index is 1.38. The van der Waals surface area contributed by atoms with Gasteiger partial charge in [0.05, 0.1) is 6.04 Å². The van der Waals surface area contributed by atoms with Crippen molar-refractivity contribution in [2.75, 3.05) is 13.1 Å². The first-order chi connectivity index (χ1) is 19.1. The van der Waals surface area contributed by atoms with E-state index in [-0.39, 0.29) is 40.6 Å². The molecule has 0 saturated carbocycles. The van der Waals surface area contributed by atoms with E-state index in [1.54, 1.807) is 24.3 Å². The quantitative estimate of drug-likeness (QED) is 0.256. The van der Waals surface area contributed by atoms with E-state index in [0.717, 1.165) is 42.5 Å². The van der Waals surface area contributed by atoms with Crippen LogP contribution in [0.15, 0.2) is 72.8 Å². The third-order valence-electron chi connectivity index (χ3n) is 7.93. The SMILES string of the molecule is CC(C)(C)c1ccc(C(=O)NC(C(=O)CCCCC(c2ccc(F)cc2)c2ccc(F)cc2)C2CCNC2)cc1. The predicted molar refractivity (Wildman–Crippen MR) is 155 cm³/mol. The van der Waals surface area contributed by atoms with Crippen LogP contribution in [0.5, 0.6) is 0 Å². The van der Waals surface area contributed by atoms with E-state index in [9.17, 15) is 18.4 Å². The van der Waals surface area contributed by atoms with E-state index in [1.165, 1.54) is 24.3 Å². The van der Waals surface area contributed by atoms with Crippen molar-refractivity contribution in [1.82, 2.24) is 10.6 Å². The van der Waals surface area contributed by atoms with Gasteiger partial charge in [0.25, 0.3) is 5.91 Å². The Bertz CT molecular complexity index is 1210. The van der Waals surface area contributed by atoms with E-state index in [0.29, 0.717) is 24.9 Å². The third-order valence-corrected chi connectivity index (χ3v) is 7.93. The number of Topliss-reactive ketones (excluding diaryl/α,β-unsaturated/α-hetero) is 1. The van der Waals surface area contributed by atoms with Crippen LogP contribution in [0.25, 0.3) is 0 Å². The number of halogens is 2. The van der Waals surface area contributed by atoms with Crippen molar-refractivity contribution in [2.45, 2.75) is 70.3 Å². The molecule has 2 N–H and O–H groups in total. The summed E-state index contributed by atoms with van der Waals surface area (Å²) in [6.07, 6.45) is 3.39. The Hall–Kier alpha value is -3.38. The number of amides is 1. The highest BCUT2D eigenvalue weighted by Gasteiger charge is 2.31. The molecule has 0 aromatic heterocycles. The number of carbonyl (C=O) groups excluding carboxylic acids is 2. The molecule has 2 atom stereocenters. The maximum Gasteiger partial charge on any atom is 0.251 e. The Morgan fingerprint density at radius 2 is 1.45 bits per heavy atom. The number of nitrogens with one attached hydrogen (secondary N) is 2. The molecule has 1 heterocycles. The summed E-state index contributed by atoms with van der Waals surface area (Å²) in [6.45, 7) is 7.93. The van der Waals surface area contributed by atoms with Crippen molar-refractivity contribution in [1.29, 1.82) is 0 Å². The second-order valence-corrected chi connectivity index (χ2v) is 11.9. The van der Waals surface area contributed by atoms with Crippen LogP contribution in [-0.2, 0) is 10.2 Å². The molecule has 3 aromatic carbocycles. The lowest BCUT2D eigenvalue weighted by Crippen LogP contribution is -2.46. The van der Waals surface area contributed by atoms with Crippen molar-refractivity contribution in [3.05, 3.63) is 107 Å². The second kappa shape index (κ2) is 13.3. The van der Waals surface area contributed by atoms with Crippen LogP contribution in [0.1, 0.15) is 85.8 Å². The summed E-state index contributed by atoms with van der Waals surface area (Å²) in [7, 11) is 0. The number of unbranched alkanes of at least 4 members (excludes halogenated alkanes) is 1. The maximum atomic E-state index is 13.5. The summed E-state index contributed by atoms with van der Waals surface area (Å²) in [5.41, 5.74) is 3.61. The number of rotatable bonds is 11. The van der Waals surface area contributed by atoms with Gasteiger partial charge in [-0.05, 0) is 90.2 Å². The van der Waals surface area contributed by atoms with E-state index in [1.807, 2.05) is 24.3 Å². The molecule has 40 heavy (non-hydrogen) atoms. The van der Waals surface area contributed by atoms with E-state index in [2.05, 4.69) is 31.4 Å². The molecule has 212 valence electrons. The zero-order valence-electron chi connectivity index (χ0n) is 23.7. The monoisotopic (exact) mass is 546 g/mol. The Labute approximate surface area is 236 Å². The fraction of sp³-hybridized carbons (Fsp3) is 0.412. The summed E-state index contributed by atoms with van der Waals surface area (Å²) in [5, 5.41) is 6.36. The van der Waals surface area contributed by atoms with Crippen LogP contribution in [-0.4, -0.2) is 30.8 Å². The van der Waals surface area contributed by atoms with Crippen molar-refractivity contribution in [3.8, 4) is 0 Å². The van der Waals surface area contributed by atoms with Gasteiger partial charge >= 0.3 is 0 Å². The topological polar surface area (TPSA) is 58.2 Å². The maximum absolute atomic E-state index is 13.5. The first kappa shape index (κ1) is 29.6. The van der Waals surface area contributed by atoms with Crippen LogP contribution in [0.4, 0.5) is 8.78 Å². The molecule has 4 rings (SSSR count). The van der Waals surface area contributed by atoms with Gasteiger partial charge in [0.1, 0.15) is 11.6 Å². The molecular weight excluding hydrogens is 506 g/mol. The number of ketones is 1. The van der Waals surface area contributed by atoms with Crippen molar-refractivity contribution in [3.63, 3.8) is 0 Å². The molecular formula is C34H40F2N2O2. The Morgan fingerprint density at radius 1 is 0.875 bits per heavy atom. The molecule has 2 unspecified atom stereocenters. The van der Waals surface area contributed by atoms with Crippen molar-refractivity contribution in [2.24, 2.45) is 5.92 Å². The molecule has 0 aliphatic carbocycles. The smallest absolute Gasteiger partial charge is 0.251 e. The highest BCUT2D eigenvalue weighted by molar-refractivity contribution is 5.98. The molecule has 4 nitrogen and oxygen atoms in total. The zero-order chi connectivity index (χ0) is 28.7. The molecule has 0 bridgehead atoms. The normalized spacial score (nSPS) is 16.2. The lowest BCUT2D eigenvalue weighted by Gasteiger charge is -2.24. The number of carbonyl (C=O) groups is 2. The zero-order valence-corrected chi connectivity index (χ0v) is 23.7. The molecule has 1 fully saturated rings. The lowest BCUT2D eigenvalue weighted by atomic mass is 9.86. The van der Waals surface area contributed by atoms with Gasteiger partial charge < -0.3 is 10.6 Å². The Morgan fingerprint density at radius 3 is 1.95 bits per heavy atom. The number of hydrogen-bond donors (Lipinski definition) is 2. The molecule has 1 amide bonds. The molecule has 0 radical (unpaired) electrons. The standard InChI is InChI=1S/C34H40F2N2O2/c1-34(2,3)27-14-8-25(9-15-27)33(40)38-32(26-20-21-37-22-26)31(39)7-5-4-6-30(23-10-16-28(35)17-11-23)24-12-18-29(36)19-13-24/h8-19,26,30,32,37H,4-7,20-22H2,1-3H3,(H,38,40). The molecule has 1 aliphatic heterocycles. The first-order valence-corrected chi connectivity index (χ1v) is 14.3. The van der Waals surface area contributed by atoms with Crippen molar-refractivity contribution >= 4 is 11.7 Å². The van der Waals surface area contributed by atoms with Crippen LogP contribution in [0, 0.1) is 17.6 Å². The van der Waals surface area contributed by atoms with E-state index >= 15 is 0 Å². The third kappa shape index (κ3) is 7.85. The van der Waals surface area contributed by atoms with Gasteiger partial charge in [0.15, 0.2) is 5.78 Å². The summed E-state index contributed by atoms with van der Waals surface area (Å²) in [6, 6.07) is 19.9. The van der Waals surface area contributed by atoms with E-state index < -0.39 is 6.04 Å². The Kier molecular flexibility index (Phi) is 9.85. The minimum Gasteiger partial charge on any atom is -0.342 e. The fourth-order valence-corrected chi connectivity index (χ4v) is 5.49. The predicted octanol–water partition coefficient (Wildman–Crippen LogP) is 6.93. The summed E-state index contributed by atoms with van der Waals surface area (Å²) in [4.78, 5) is 26.5. The van der Waals surface area contributed by atoms with Crippen LogP contribution in [0.2, 0.25) is 0 Å². The van der Waals surface area contributed by atoms with Gasteiger partial charge in [-0.3, -0.25) is 9.59 Å². The van der Waals surface area contributed by atoms with Gasteiger partial charge in [-0.25, -0.2) is 8.78 Å². The van der Waals surface area contributed by atoms with Gasteiger partial charge in [-0.2, -0.15) is 0 Å². The minimum atomic E-state index is -0.533. The van der Waals surface area contributed by atoms with Crippen LogP contribution < -0.4 is 10.6 Å². The molecule has 3 aromatic rings. The largest absolute Gasteiger partial charge is 0.342 e. The van der Waals surface area contributed by atoms with Gasteiger partial charge in [-0.1, -0.05) is 63.6 Å². The minimum absolute atomic E-state index is 0.00453. The highest BCUT2D eigenvalue weighted by Crippen LogP contribution is 2.31. The molecule has 1 saturated heterocycles. The fourth-order valence-electron chi connectivity index (χ4n) is 5.49. The summed E-state index contributed by atoms with van der Waals surface area (Å²) in [5.74, 6) is -0.732. The van der Waals surface area contributed by atoms with Crippen LogP contribution in [0.3, 0.4) is 0 Å². The van der Waals surface area contributed by atoms with Gasteiger partial charge in [0, 0.05) is 24.4 Å². The van der Waals surface area contributed by atoms with Gasteiger partial charge in [0.2, 0.25) is 0 Å². The van der Waals surface area contributed by atoms with Crippen LogP contribution >= 0.6 is 0 Å². The van der Waals surface area contributed by atoms with E-state index in [4.69, 9.17) is 0 Å². The van der Waals surface area contributed by atoms with Crippen molar-refractivity contribution < 1.29 is 18.4 Å². The number of hydrogen-bond acceptors (Lipinski definition) is 3. The first-order valence-electron chi connectivity index (χ1n) is 14.3. The molecule has 6 heteroatoms. The average Bonchev–Trinajstić information content (AvgIpc) is 3.47. The molecule has 1 aliphatic rings. The molecule has 0 spiro atoms.